The zero-order valence-corrected chi connectivity index (χ0v) is 19.6. The van der Waals surface area contributed by atoms with Crippen LogP contribution in [0.15, 0.2) is 115 Å². The molecular formula is C34H22N2. The molecule has 2 unspecified atom stereocenters. The Morgan fingerprint density at radius 1 is 0.694 bits per heavy atom. The van der Waals surface area contributed by atoms with Gasteiger partial charge in [0.05, 0.1) is 11.7 Å². The van der Waals surface area contributed by atoms with Gasteiger partial charge in [-0.3, -0.25) is 0 Å². The summed E-state index contributed by atoms with van der Waals surface area (Å²) in [4.78, 5) is 2.55. The second kappa shape index (κ2) is 7.38. The summed E-state index contributed by atoms with van der Waals surface area (Å²) in [5, 5.41) is 3.74. The lowest BCUT2D eigenvalue weighted by Crippen LogP contribution is -2.26. The van der Waals surface area contributed by atoms with Crippen LogP contribution in [0.2, 0.25) is 0 Å². The Morgan fingerprint density at radius 3 is 2.42 bits per heavy atom. The van der Waals surface area contributed by atoms with Crippen LogP contribution >= 0.6 is 0 Å². The molecule has 0 spiro atoms. The molecule has 0 saturated carbocycles. The van der Waals surface area contributed by atoms with Crippen molar-refractivity contribution in [2.45, 2.75) is 12.0 Å². The van der Waals surface area contributed by atoms with Crippen molar-refractivity contribution in [1.29, 1.82) is 0 Å². The average molecular weight is 459 g/mol. The first-order chi connectivity index (χ1) is 17.9. The van der Waals surface area contributed by atoms with E-state index in [1.54, 1.807) is 0 Å². The number of hydrogen-bond donors (Lipinski definition) is 0. The van der Waals surface area contributed by atoms with Crippen molar-refractivity contribution < 1.29 is 0 Å². The van der Waals surface area contributed by atoms with E-state index in [2.05, 4.69) is 137 Å². The Labute approximate surface area is 210 Å². The van der Waals surface area contributed by atoms with Crippen LogP contribution in [0.1, 0.15) is 28.8 Å². The number of rotatable bonds is 2. The van der Waals surface area contributed by atoms with Crippen molar-refractivity contribution in [3.63, 3.8) is 0 Å². The largest absolute Gasteiger partial charge is 0.331 e. The maximum atomic E-state index is 3.44. The summed E-state index contributed by atoms with van der Waals surface area (Å²) in [6.45, 7) is 0. The maximum Gasteiger partial charge on any atom is 0.105 e. The van der Waals surface area contributed by atoms with Crippen LogP contribution in [0.5, 0.6) is 0 Å². The molecule has 0 N–H and O–H groups in total. The highest BCUT2D eigenvalue weighted by molar-refractivity contribution is 5.95. The fourth-order valence-electron chi connectivity index (χ4n) is 6.26. The van der Waals surface area contributed by atoms with E-state index in [-0.39, 0.29) is 12.0 Å². The lowest BCUT2D eigenvalue weighted by molar-refractivity contribution is 0.636. The van der Waals surface area contributed by atoms with Crippen LogP contribution in [0.25, 0.3) is 33.4 Å². The number of nitrogens with zero attached hydrogens (tertiary/aromatic N) is 2. The minimum atomic E-state index is 0.129. The van der Waals surface area contributed by atoms with Crippen molar-refractivity contribution in [2.75, 3.05) is 4.90 Å². The van der Waals surface area contributed by atoms with Crippen LogP contribution in [0.4, 0.5) is 11.4 Å². The third-order valence-electron chi connectivity index (χ3n) is 7.76. The number of aromatic nitrogens is 1. The van der Waals surface area contributed by atoms with Gasteiger partial charge in [0, 0.05) is 33.9 Å². The second-order valence-corrected chi connectivity index (χ2v) is 9.62. The molecule has 2 heteroatoms. The monoisotopic (exact) mass is 458 g/mol. The van der Waals surface area contributed by atoms with E-state index in [4.69, 9.17) is 0 Å². The number of hydrogen-bond acceptors (Lipinski definition) is 1. The van der Waals surface area contributed by atoms with Crippen molar-refractivity contribution in [2.24, 2.45) is 0 Å². The molecule has 0 saturated heterocycles. The van der Waals surface area contributed by atoms with Gasteiger partial charge in [0.25, 0.3) is 0 Å². The van der Waals surface area contributed by atoms with Gasteiger partial charge >= 0.3 is 0 Å². The summed E-state index contributed by atoms with van der Waals surface area (Å²) < 4.78 is 2.41. The molecule has 2 atom stereocenters. The van der Waals surface area contributed by atoms with Crippen molar-refractivity contribution in [1.82, 2.24) is 4.57 Å². The molecule has 168 valence electrons. The fourth-order valence-corrected chi connectivity index (χ4v) is 6.26. The topological polar surface area (TPSA) is 8.17 Å². The van der Waals surface area contributed by atoms with Gasteiger partial charge < -0.3 is 9.47 Å². The molecule has 0 fully saturated rings. The number of fused-ring (bicyclic) bond motifs is 8. The predicted molar refractivity (Wildman–Crippen MR) is 148 cm³/mol. The first-order valence-electron chi connectivity index (χ1n) is 12.5. The van der Waals surface area contributed by atoms with Gasteiger partial charge in [-0.1, -0.05) is 84.9 Å². The molecule has 1 aliphatic heterocycles. The molecule has 8 rings (SSSR count). The van der Waals surface area contributed by atoms with Gasteiger partial charge in [-0.15, -0.1) is 0 Å². The molecule has 0 radical (unpaired) electrons. The van der Waals surface area contributed by atoms with Gasteiger partial charge in [-0.2, -0.15) is 0 Å². The Morgan fingerprint density at radius 2 is 1.50 bits per heavy atom. The van der Waals surface area contributed by atoms with Gasteiger partial charge in [-0.05, 0) is 64.9 Å². The summed E-state index contributed by atoms with van der Waals surface area (Å²) in [7, 11) is 0. The highest BCUT2D eigenvalue weighted by Gasteiger charge is 2.44. The van der Waals surface area contributed by atoms with Crippen LogP contribution in [0, 0.1) is 12.1 Å². The van der Waals surface area contributed by atoms with E-state index in [1.807, 2.05) is 6.07 Å². The molecule has 36 heavy (non-hydrogen) atoms. The van der Waals surface area contributed by atoms with E-state index in [9.17, 15) is 0 Å². The van der Waals surface area contributed by atoms with Crippen molar-refractivity contribution in [3.8, 4) is 5.69 Å². The van der Waals surface area contributed by atoms with Crippen LogP contribution < -0.4 is 4.90 Å². The summed E-state index contributed by atoms with van der Waals surface area (Å²) >= 11 is 0. The van der Waals surface area contributed by atoms with E-state index >= 15 is 0 Å². The standard InChI is InChI=1S/C34H22N2/c1-2-12-25(13-3-1)35-31-16-8-6-14-27(31)29-20-21-30-28-15-7-9-17-32(28)36(34(30)33(29)35)26-19-18-23-10-4-5-11-24(23)22-26/h1-7,9-15,17-22,30,34H. The highest BCUT2D eigenvalue weighted by atomic mass is 15.2. The Balaban J connectivity index is 1.45. The minimum Gasteiger partial charge on any atom is -0.331 e. The summed E-state index contributed by atoms with van der Waals surface area (Å²) in [6, 6.07) is 46.0. The Bertz CT molecular complexity index is 1810. The van der Waals surface area contributed by atoms with Crippen LogP contribution in [-0.4, -0.2) is 4.57 Å². The SMILES string of the molecule is c1ccc2c3c(n(-c4ccccc4)c2c#1)C1C(C=C3)c2ccccc2N1c1ccc2ccccc2c1. The Hall–Kier alpha value is -4.74. The van der Waals surface area contributed by atoms with Gasteiger partial charge in [0.15, 0.2) is 0 Å². The smallest absolute Gasteiger partial charge is 0.105 e. The lowest BCUT2D eigenvalue weighted by Gasteiger charge is -2.33. The fraction of sp³-hybridized carbons (Fsp3) is 0.0588. The van der Waals surface area contributed by atoms with E-state index in [0.29, 0.717) is 0 Å². The van der Waals surface area contributed by atoms with Crippen LogP contribution in [0.3, 0.4) is 0 Å². The average Bonchev–Trinajstić information content (AvgIpc) is 3.46. The normalized spacial score (nSPS) is 17.6. The van der Waals surface area contributed by atoms with Crippen molar-refractivity contribution >= 4 is 39.1 Å². The molecular weight excluding hydrogens is 436 g/mol. The summed E-state index contributed by atoms with van der Waals surface area (Å²) in [6.07, 6.45) is 4.73. The first-order valence-corrected chi connectivity index (χ1v) is 12.5. The summed E-state index contributed by atoms with van der Waals surface area (Å²) in [5.74, 6) is 0.260. The first kappa shape index (κ1) is 19.6. The molecule has 2 nitrogen and oxygen atoms in total. The molecule has 2 heterocycles. The Kier molecular flexibility index (Phi) is 4.01. The number of benzene rings is 4. The molecule has 0 bridgehead atoms. The third-order valence-corrected chi connectivity index (χ3v) is 7.76. The van der Waals surface area contributed by atoms with Gasteiger partial charge in [-0.25, -0.2) is 0 Å². The minimum absolute atomic E-state index is 0.129. The zero-order chi connectivity index (χ0) is 23.6. The van der Waals surface area contributed by atoms with E-state index < -0.39 is 0 Å². The third kappa shape index (κ3) is 2.63. The van der Waals surface area contributed by atoms with Gasteiger partial charge in [0.2, 0.25) is 0 Å². The molecule has 2 aliphatic rings. The molecule has 6 aromatic rings. The van der Waals surface area contributed by atoms with Crippen molar-refractivity contribution in [3.05, 3.63) is 144 Å². The second-order valence-electron chi connectivity index (χ2n) is 9.62. The van der Waals surface area contributed by atoms with Gasteiger partial charge in [0.1, 0.15) is 5.52 Å². The zero-order valence-electron chi connectivity index (χ0n) is 19.6. The number of anilines is 2. The molecule has 1 aliphatic carbocycles. The molecule has 0 amide bonds. The maximum absolute atomic E-state index is 3.44. The van der Waals surface area contributed by atoms with E-state index in [0.717, 1.165) is 11.2 Å². The lowest BCUT2D eigenvalue weighted by atomic mass is 9.86. The molecule has 5 aromatic carbocycles. The predicted octanol–water partition coefficient (Wildman–Crippen LogP) is 8.39. The van der Waals surface area contributed by atoms with Crippen LogP contribution in [-0.2, 0) is 0 Å². The van der Waals surface area contributed by atoms with E-state index in [1.165, 1.54) is 44.4 Å². The quantitative estimate of drug-likeness (QED) is 0.253. The highest BCUT2D eigenvalue weighted by Crippen LogP contribution is 2.57. The molecule has 1 aromatic heterocycles. The summed E-state index contributed by atoms with van der Waals surface area (Å²) in [5.41, 5.74) is 8.69. The number of para-hydroxylation sites is 2.